The standard InChI is InChI=1S/C24H21F5N2O2/c25-23(26)10-15(11-23)22(32)31-21-12-30-20-6-5-17(9-19(20)21)33-18-7-14(8-18)13-1-3-16(4-2-13)24(27,28)29/h1-6,9,12,14-15,18,30H,7-8,10-11H2,(H,31,32)/t14-,18+. The number of carbonyl (C=O) groups is 1. The quantitative estimate of drug-likeness (QED) is 0.424. The van der Waals surface area contributed by atoms with E-state index in [1.165, 1.54) is 12.1 Å². The molecule has 2 fully saturated rings. The number of carbonyl (C=O) groups excluding carboxylic acids is 1. The monoisotopic (exact) mass is 464 g/mol. The first-order valence-electron chi connectivity index (χ1n) is 10.7. The van der Waals surface area contributed by atoms with E-state index in [0.717, 1.165) is 23.2 Å². The van der Waals surface area contributed by atoms with Crippen LogP contribution in [-0.4, -0.2) is 22.9 Å². The second-order valence-electron chi connectivity index (χ2n) is 8.89. The fourth-order valence-electron chi connectivity index (χ4n) is 4.43. The highest BCUT2D eigenvalue weighted by Gasteiger charge is 2.48. The van der Waals surface area contributed by atoms with E-state index in [2.05, 4.69) is 10.3 Å². The number of aromatic amines is 1. The molecule has 2 saturated carbocycles. The van der Waals surface area contributed by atoms with Gasteiger partial charge in [0.15, 0.2) is 0 Å². The Labute approximate surface area is 186 Å². The molecule has 1 aromatic heterocycles. The SMILES string of the molecule is O=C(Nc1c[nH]c2ccc(O[C@H]3C[C@@H](c4ccc(C(F)(F)F)cc4)C3)cc12)C1CC(F)(F)C1. The molecule has 0 aliphatic heterocycles. The van der Waals surface area contributed by atoms with Gasteiger partial charge in [-0.1, -0.05) is 12.1 Å². The Morgan fingerprint density at radius 3 is 2.39 bits per heavy atom. The predicted octanol–water partition coefficient (Wildman–Crippen LogP) is 6.50. The molecule has 2 aromatic carbocycles. The third-order valence-corrected chi connectivity index (χ3v) is 6.48. The number of hydrogen-bond donors (Lipinski definition) is 2. The van der Waals surface area contributed by atoms with Crippen LogP contribution in [0.25, 0.3) is 10.9 Å². The highest BCUT2D eigenvalue weighted by atomic mass is 19.4. The first-order valence-corrected chi connectivity index (χ1v) is 10.7. The maximum atomic E-state index is 13.0. The highest BCUT2D eigenvalue weighted by Crippen LogP contribution is 2.43. The van der Waals surface area contributed by atoms with Crippen molar-refractivity contribution in [1.82, 2.24) is 4.98 Å². The summed E-state index contributed by atoms with van der Waals surface area (Å²) in [5, 5.41) is 3.43. The molecule has 0 saturated heterocycles. The summed E-state index contributed by atoms with van der Waals surface area (Å²) in [6.45, 7) is 0. The van der Waals surface area contributed by atoms with Crippen LogP contribution in [0.1, 0.15) is 42.7 Å². The van der Waals surface area contributed by atoms with Crippen molar-refractivity contribution in [3.63, 3.8) is 0 Å². The molecule has 0 atom stereocenters. The summed E-state index contributed by atoms with van der Waals surface area (Å²) in [5.41, 5.74) is 1.47. The Hall–Kier alpha value is -3.10. The van der Waals surface area contributed by atoms with Crippen molar-refractivity contribution in [1.29, 1.82) is 0 Å². The van der Waals surface area contributed by atoms with Gasteiger partial charge in [-0.15, -0.1) is 0 Å². The molecule has 3 aromatic rings. The van der Waals surface area contributed by atoms with E-state index in [9.17, 15) is 26.7 Å². The van der Waals surface area contributed by atoms with Crippen molar-refractivity contribution >= 4 is 22.5 Å². The lowest BCUT2D eigenvalue weighted by Crippen LogP contribution is -2.42. The van der Waals surface area contributed by atoms with Gasteiger partial charge in [-0.2, -0.15) is 13.2 Å². The third kappa shape index (κ3) is 4.41. The third-order valence-electron chi connectivity index (χ3n) is 6.48. The average molecular weight is 464 g/mol. The lowest BCUT2D eigenvalue weighted by Gasteiger charge is -2.36. The van der Waals surface area contributed by atoms with Gasteiger partial charge in [0.1, 0.15) is 5.75 Å². The van der Waals surface area contributed by atoms with Crippen LogP contribution in [0.4, 0.5) is 27.6 Å². The molecule has 2 N–H and O–H groups in total. The van der Waals surface area contributed by atoms with E-state index in [1.54, 1.807) is 18.3 Å². The summed E-state index contributed by atoms with van der Waals surface area (Å²) >= 11 is 0. The number of H-pyrrole nitrogens is 1. The van der Waals surface area contributed by atoms with Gasteiger partial charge in [0.05, 0.1) is 17.4 Å². The number of anilines is 1. The fraction of sp³-hybridized carbons (Fsp3) is 0.375. The number of alkyl halides is 5. The van der Waals surface area contributed by atoms with E-state index < -0.39 is 42.3 Å². The van der Waals surface area contributed by atoms with Gasteiger partial charge in [0.2, 0.25) is 11.8 Å². The second-order valence-corrected chi connectivity index (χ2v) is 8.89. The molecule has 9 heteroatoms. The van der Waals surface area contributed by atoms with E-state index in [4.69, 9.17) is 4.74 Å². The number of benzene rings is 2. The van der Waals surface area contributed by atoms with Gasteiger partial charge in [0.25, 0.3) is 0 Å². The molecule has 1 amide bonds. The van der Waals surface area contributed by atoms with Gasteiger partial charge in [-0.25, -0.2) is 8.78 Å². The molecule has 0 unspecified atom stereocenters. The minimum Gasteiger partial charge on any atom is -0.490 e. The Morgan fingerprint density at radius 1 is 1.06 bits per heavy atom. The number of ether oxygens (including phenoxy) is 1. The van der Waals surface area contributed by atoms with E-state index >= 15 is 0 Å². The Kier molecular flexibility index (Phi) is 5.10. The van der Waals surface area contributed by atoms with Crippen LogP contribution in [-0.2, 0) is 11.0 Å². The predicted molar refractivity (Wildman–Crippen MR) is 112 cm³/mol. The average Bonchev–Trinajstić information content (AvgIpc) is 3.10. The van der Waals surface area contributed by atoms with E-state index in [0.29, 0.717) is 29.7 Å². The van der Waals surface area contributed by atoms with Crippen LogP contribution in [0.2, 0.25) is 0 Å². The zero-order chi connectivity index (χ0) is 23.4. The molecule has 5 rings (SSSR count). The number of fused-ring (bicyclic) bond motifs is 1. The maximum absolute atomic E-state index is 13.0. The number of aromatic nitrogens is 1. The smallest absolute Gasteiger partial charge is 0.416 e. The zero-order valence-electron chi connectivity index (χ0n) is 17.4. The van der Waals surface area contributed by atoms with Crippen LogP contribution in [0, 0.1) is 5.92 Å². The lowest BCUT2D eigenvalue weighted by atomic mass is 9.77. The fourth-order valence-corrected chi connectivity index (χ4v) is 4.43. The molecule has 2 aliphatic rings. The second kappa shape index (κ2) is 7.74. The van der Waals surface area contributed by atoms with Crippen LogP contribution >= 0.6 is 0 Å². The van der Waals surface area contributed by atoms with Crippen LogP contribution < -0.4 is 10.1 Å². The Balaban J connectivity index is 1.20. The van der Waals surface area contributed by atoms with Crippen molar-refractivity contribution in [3.8, 4) is 5.75 Å². The minimum absolute atomic E-state index is 0.0658. The summed E-state index contributed by atoms with van der Waals surface area (Å²) in [6.07, 6.45) is -2.28. The summed E-state index contributed by atoms with van der Waals surface area (Å²) in [5.74, 6) is -3.13. The van der Waals surface area contributed by atoms with Gasteiger partial charge < -0.3 is 15.0 Å². The van der Waals surface area contributed by atoms with E-state index in [-0.39, 0.29) is 12.0 Å². The normalized spacial score (nSPS) is 22.5. The van der Waals surface area contributed by atoms with Gasteiger partial charge in [-0.3, -0.25) is 4.79 Å². The molecule has 4 nitrogen and oxygen atoms in total. The first kappa shape index (κ1) is 21.7. The van der Waals surface area contributed by atoms with Gasteiger partial charge in [-0.05, 0) is 54.7 Å². The number of amides is 1. The van der Waals surface area contributed by atoms with Crippen LogP contribution in [0.5, 0.6) is 5.75 Å². The van der Waals surface area contributed by atoms with E-state index in [1.807, 2.05) is 6.07 Å². The topological polar surface area (TPSA) is 54.1 Å². The summed E-state index contributed by atoms with van der Waals surface area (Å²) in [4.78, 5) is 15.3. The minimum atomic E-state index is -4.35. The van der Waals surface area contributed by atoms with Gasteiger partial charge in [0, 0.05) is 35.9 Å². The number of hydrogen-bond acceptors (Lipinski definition) is 2. The summed E-state index contributed by atoms with van der Waals surface area (Å²) in [7, 11) is 0. The van der Waals surface area contributed by atoms with Gasteiger partial charge >= 0.3 is 6.18 Å². The first-order chi connectivity index (χ1) is 15.6. The molecule has 0 bridgehead atoms. The van der Waals surface area contributed by atoms with Crippen molar-refractivity contribution in [2.75, 3.05) is 5.32 Å². The molecular formula is C24H21F5N2O2. The largest absolute Gasteiger partial charge is 0.490 e. The lowest BCUT2D eigenvalue weighted by molar-refractivity contribution is -0.145. The zero-order valence-corrected chi connectivity index (χ0v) is 17.4. The Bertz CT molecular complexity index is 1170. The number of halogens is 5. The summed E-state index contributed by atoms with van der Waals surface area (Å²) < 4.78 is 70.3. The number of nitrogens with one attached hydrogen (secondary N) is 2. The maximum Gasteiger partial charge on any atom is 0.416 e. The van der Waals surface area contributed by atoms with Crippen molar-refractivity contribution in [2.45, 2.75) is 49.8 Å². The molecular weight excluding hydrogens is 443 g/mol. The molecule has 0 spiro atoms. The summed E-state index contributed by atoms with van der Waals surface area (Å²) in [6, 6.07) is 10.6. The van der Waals surface area contributed by atoms with Crippen LogP contribution in [0.15, 0.2) is 48.7 Å². The molecule has 1 heterocycles. The van der Waals surface area contributed by atoms with Crippen molar-refractivity contribution in [3.05, 3.63) is 59.8 Å². The van der Waals surface area contributed by atoms with Crippen LogP contribution in [0.3, 0.4) is 0 Å². The number of rotatable bonds is 5. The molecule has 2 aliphatic carbocycles. The molecule has 0 radical (unpaired) electrons. The molecule has 174 valence electrons. The molecule has 33 heavy (non-hydrogen) atoms. The van der Waals surface area contributed by atoms with Crippen molar-refractivity contribution < 1.29 is 31.5 Å². The highest BCUT2D eigenvalue weighted by molar-refractivity contribution is 6.03. The Morgan fingerprint density at radius 2 is 1.76 bits per heavy atom. The van der Waals surface area contributed by atoms with Crippen molar-refractivity contribution in [2.24, 2.45) is 5.92 Å².